The lowest BCUT2D eigenvalue weighted by Crippen LogP contribution is -1.95. The zero-order chi connectivity index (χ0) is 18.1. The lowest BCUT2D eigenvalue weighted by Gasteiger charge is -2.07. The number of aliphatic hydroxyl groups is 1. The van der Waals surface area contributed by atoms with Crippen molar-refractivity contribution in [2.24, 2.45) is 0 Å². The second-order valence-electron chi connectivity index (χ2n) is 6.14. The number of carbonyl (C=O) groups excluding carboxylic acids is 1. The normalized spacial score (nSPS) is 11.0. The van der Waals surface area contributed by atoms with Gasteiger partial charge in [-0.3, -0.25) is 14.2 Å². The first-order chi connectivity index (χ1) is 12.7. The zero-order valence-corrected chi connectivity index (χ0v) is 14.3. The highest BCUT2D eigenvalue weighted by molar-refractivity contribution is 5.95. The first kappa shape index (κ1) is 16.2. The van der Waals surface area contributed by atoms with Crippen molar-refractivity contribution >= 4 is 11.4 Å². The molecule has 5 heteroatoms. The van der Waals surface area contributed by atoms with E-state index >= 15 is 0 Å². The molecule has 0 aliphatic carbocycles. The molecule has 26 heavy (non-hydrogen) atoms. The summed E-state index contributed by atoms with van der Waals surface area (Å²) in [7, 11) is 0. The van der Waals surface area contributed by atoms with E-state index in [0.29, 0.717) is 5.56 Å². The fraction of sp³-hybridized carbons (Fsp3) is 0.0952. The molecule has 128 valence electrons. The maximum atomic E-state index is 11.7. The molecule has 0 aliphatic rings. The summed E-state index contributed by atoms with van der Waals surface area (Å²) in [4.78, 5) is 20.6. The second kappa shape index (κ2) is 6.54. The van der Waals surface area contributed by atoms with Gasteiger partial charge in [0.15, 0.2) is 11.4 Å². The number of Topliss-reactive ketones (excluding diaryl/α,β-unsaturated/α-hetero) is 1. The summed E-state index contributed by atoms with van der Waals surface area (Å²) in [5.41, 5.74) is 5.87. The molecule has 2 heterocycles. The molecule has 0 radical (unpaired) electrons. The Bertz CT molecular complexity index is 1100. The van der Waals surface area contributed by atoms with Crippen molar-refractivity contribution in [2.45, 2.75) is 13.5 Å². The van der Waals surface area contributed by atoms with E-state index in [1.54, 1.807) is 19.3 Å². The van der Waals surface area contributed by atoms with Crippen LogP contribution in [0.1, 0.15) is 22.8 Å². The first-order valence-corrected chi connectivity index (χ1v) is 8.30. The van der Waals surface area contributed by atoms with Gasteiger partial charge in [0.2, 0.25) is 0 Å². The standard InChI is InChI=1S/C21H17N3O2/c1-14(26)17-3-2-4-18(9-17)20-10-23-21-11-22-19(12-24(20)21)16-7-5-15(13-25)6-8-16/h2-12,25H,13H2,1H3. The lowest BCUT2D eigenvalue weighted by atomic mass is 10.1. The fourth-order valence-electron chi connectivity index (χ4n) is 2.93. The molecule has 0 atom stereocenters. The van der Waals surface area contributed by atoms with E-state index in [2.05, 4.69) is 9.97 Å². The van der Waals surface area contributed by atoms with E-state index in [4.69, 9.17) is 0 Å². The van der Waals surface area contributed by atoms with Gasteiger partial charge < -0.3 is 5.11 Å². The number of aromatic nitrogens is 3. The highest BCUT2D eigenvalue weighted by Crippen LogP contribution is 2.24. The van der Waals surface area contributed by atoms with Crippen LogP contribution in [-0.4, -0.2) is 25.3 Å². The average Bonchev–Trinajstić information content (AvgIpc) is 3.11. The SMILES string of the molecule is CC(=O)c1cccc(-c2cnc3cnc(-c4ccc(CO)cc4)cn23)c1. The number of rotatable bonds is 4. The molecule has 5 nitrogen and oxygen atoms in total. The largest absolute Gasteiger partial charge is 0.392 e. The molecular formula is C21H17N3O2. The quantitative estimate of drug-likeness (QED) is 0.573. The molecule has 0 amide bonds. The summed E-state index contributed by atoms with van der Waals surface area (Å²) in [5, 5.41) is 9.18. The Labute approximate surface area is 150 Å². The van der Waals surface area contributed by atoms with Gasteiger partial charge in [0.25, 0.3) is 0 Å². The van der Waals surface area contributed by atoms with Crippen molar-refractivity contribution < 1.29 is 9.90 Å². The average molecular weight is 343 g/mol. The molecule has 0 saturated heterocycles. The van der Waals surface area contributed by atoms with E-state index in [1.807, 2.05) is 59.1 Å². The van der Waals surface area contributed by atoms with Crippen molar-refractivity contribution in [1.82, 2.24) is 14.4 Å². The van der Waals surface area contributed by atoms with Crippen LogP contribution in [0, 0.1) is 0 Å². The molecule has 0 fully saturated rings. The second-order valence-corrected chi connectivity index (χ2v) is 6.14. The van der Waals surface area contributed by atoms with Crippen LogP contribution < -0.4 is 0 Å². The lowest BCUT2D eigenvalue weighted by molar-refractivity contribution is 0.101. The minimum Gasteiger partial charge on any atom is -0.392 e. The van der Waals surface area contributed by atoms with E-state index in [0.717, 1.165) is 33.7 Å². The maximum absolute atomic E-state index is 11.7. The monoisotopic (exact) mass is 343 g/mol. The molecule has 0 unspecified atom stereocenters. The Morgan fingerprint density at radius 2 is 1.85 bits per heavy atom. The van der Waals surface area contributed by atoms with Crippen LogP contribution in [-0.2, 0) is 6.61 Å². The maximum Gasteiger partial charge on any atom is 0.159 e. The Hall–Kier alpha value is -3.31. The Morgan fingerprint density at radius 3 is 2.58 bits per heavy atom. The smallest absolute Gasteiger partial charge is 0.159 e. The number of imidazole rings is 1. The number of aliphatic hydroxyl groups excluding tert-OH is 1. The minimum atomic E-state index is 0.0188. The van der Waals surface area contributed by atoms with Gasteiger partial charge in [-0.1, -0.05) is 42.5 Å². The van der Waals surface area contributed by atoms with Gasteiger partial charge >= 0.3 is 0 Å². The molecule has 0 aliphatic heterocycles. The highest BCUT2D eigenvalue weighted by Gasteiger charge is 2.10. The number of carbonyl (C=O) groups is 1. The molecule has 2 aromatic heterocycles. The Morgan fingerprint density at radius 1 is 1.04 bits per heavy atom. The van der Waals surface area contributed by atoms with Gasteiger partial charge in [0.1, 0.15) is 0 Å². The molecule has 4 rings (SSSR count). The van der Waals surface area contributed by atoms with Crippen molar-refractivity contribution in [1.29, 1.82) is 0 Å². The Kier molecular flexibility index (Phi) is 4.07. The molecule has 4 aromatic rings. The highest BCUT2D eigenvalue weighted by atomic mass is 16.3. The van der Waals surface area contributed by atoms with Crippen LogP contribution >= 0.6 is 0 Å². The van der Waals surface area contributed by atoms with Crippen molar-refractivity contribution in [2.75, 3.05) is 0 Å². The van der Waals surface area contributed by atoms with E-state index in [1.165, 1.54) is 0 Å². The third-order valence-corrected chi connectivity index (χ3v) is 4.39. The predicted molar refractivity (Wildman–Crippen MR) is 99.8 cm³/mol. The number of hydrogen-bond acceptors (Lipinski definition) is 4. The Balaban J connectivity index is 1.82. The third-order valence-electron chi connectivity index (χ3n) is 4.39. The molecular weight excluding hydrogens is 326 g/mol. The van der Waals surface area contributed by atoms with Crippen LogP contribution in [0.4, 0.5) is 0 Å². The van der Waals surface area contributed by atoms with Crippen LogP contribution in [0.25, 0.3) is 28.2 Å². The van der Waals surface area contributed by atoms with Crippen molar-refractivity contribution in [3.8, 4) is 22.5 Å². The van der Waals surface area contributed by atoms with Gasteiger partial charge in [0.05, 0.1) is 30.4 Å². The van der Waals surface area contributed by atoms with Crippen molar-refractivity contribution in [3.63, 3.8) is 0 Å². The minimum absolute atomic E-state index is 0.0188. The van der Waals surface area contributed by atoms with Gasteiger partial charge in [-0.05, 0) is 18.6 Å². The van der Waals surface area contributed by atoms with Crippen LogP contribution in [0.15, 0.2) is 67.1 Å². The summed E-state index contributed by atoms with van der Waals surface area (Å²) in [6.07, 6.45) is 5.45. The summed E-state index contributed by atoms with van der Waals surface area (Å²) < 4.78 is 1.97. The topological polar surface area (TPSA) is 67.5 Å². The van der Waals surface area contributed by atoms with Gasteiger partial charge in [-0.25, -0.2) is 4.98 Å². The first-order valence-electron chi connectivity index (χ1n) is 8.30. The predicted octanol–water partition coefficient (Wildman–Crippen LogP) is 3.76. The van der Waals surface area contributed by atoms with Gasteiger partial charge in [0, 0.05) is 22.9 Å². The molecule has 2 aromatic carbocycles. The van der Waals surface area contributed by atoms with Crippen LogP contribution in [0.3, 0.4) is 0 Å². The van der Waals surface area contributed by atoms with E-state index in [9.17, 15) is 9.90 Å². The van der Waals surface area contributed by atoms with Gasteiger partial charge in [-0.2, -0.15) is 0 Å². The number of fused-ring (bicyclic) bond motifs is 1. The number of ketones is 1. The third kappa shape index (κ3) is 2.89. The summed E-state index contributed by atoms with van der Waals surface area (Å²) in [5.74, 6) is 0.0343. The number of hydrogen-bond donors (Lipinski definition) is 1. The summed E-state index contributed by atoms with van der Waals surface area (Å²) in [6, 6.07) is 15.2. The number of benzene rings is 2. The van der Waals surface area contributed by atoms with E-state index < -0.39 is 0 Å². The molecule has 1 N–H and O–H groups in total. The molecule has 0 bridgehead atoms. The molecule has 0 saturated carbocycles. The van der Waals surface area contributed by atoms with Crippen LogP contribution in [0.5, 0.6) is 0 Å². The summed E-state index contributed by atoms with van der Waals surface area (Å²) in [6.45, 7) is 1.58. The fourth-order valence-corrected chi connectivity index (χ4v) is 2.93. The van der Waals surface area contributed by atoms with Crippen LogP contribution in [0.2, 0.25) is 0 Å². The molecule has 0 spiro atoms. The van der Waals surface area contributed by atoms with Gasteiger partial charge in [-0.15, -0.1) is 0 Å². The van der Waals surface area contributed by atoms with E-state index in [-0.39, 0.29) is 12.4 Å². The summed E-state index contributed by atoms with van der Waals surface area (Å²) >= 11 is 0. The van der Waals surface area contributed by atoms with Crippen molar-refractivity contribution in [3.05, 3.63) is 78.2 Å². The number of nitrogens with zero attached hydrogens (tertiary/aromatic N) is 3. The zero-order valence-electron chi connectivity index (χ0n) is 14.3.